The fourth-order valence-electron chi connectivity index (χ4n) is 5.27. The zero-order valence-electron chi connectivity index (χ0n) is 29.6. The topological polar surface area (TPSA) is 105 Å². The highest BCUT2D eigenvalue weighted by atomic mass is 16.5. The molecule has 0 saturated carbocycles. The molecular weight excluding hydrogens is 560 g/mol. The number of hydrogen-bond donors (Lipinski definition) is 2. The molecular formula is C39H72N2O4. The summed E-state index contributed by atoms with van der Waals surface area (Å²) in [5, 5.41) is 0. The Labute approximate surface area is 278 Å². The van der Waals surface area contributed by atoms with E-state index in [1.807, 2.05) is 30.3 Å². The van der Waals surface area contributed by atoms with Crippen LogP contribution in [0.25, 0.3) is 0 Å². The molecule has 0 radical (unpaired) electrons. The highest BCUT2D eigenvalue weighted by Gasteiger charge is 2.17. The van der Waals surface area contributed by atoms with E-state index >= 15 is 0 Å². The highest BCUT2D eigenvalue weighted by molar-refractivity contribution is 5.77. The van der Waals surface area contributed by atoms with Crippen LogP contribution in [-0.2, 0) is 19.1 Å². The van der Waals surface area contributed by atoms with Crippen molar-refractivity contribution in [2.75, 3.05) is 18.9 Å². The standard InChI is InChI=1S/C33H65NO4.C6H7N/c1-3-5-7-9-11-13-15-17-19-21-23-25-29-37-32(35)28-27-31(34)33(36)38-30-26-24-22-20-18-16-14-12-10-8-6-4-2;7-6-4-2-1-3-5-6/h31H,3-30,34H2,1-2H3;1-5H,7H2/t31-;/m0./s1. The molecule has 0 amide bonds. The second-order valence-corrected chi connectivity index (χ2v) is 12.7. The Balaban J connectivity index is 0.00000241. The summed E-state index contributed by atoms with van der Waals surface area (Å²) in [6.07, 6.45) is 31.2. The molecule has 262 valence electrons. The molecule has 0 saturated heterocycles. The predicted octanol–water partition coefficient (Wildman–Crippen LogP) is 10.9. The number of nitrogen functional groups attached to an aromatic ring is 1. The van der Waals surface area contributed by atoms with Crippen molar-refractivity contribution in [1.29, 1.82) is 0 Å². The molecule has 1 atom stereocenters. The Kier molecular flexibility index (Phi) is 33.2. The van der Waals surface area contributed by atoms with Crippen molar-refractivity contribution in [3.63, 3.8) is 0 Å². The van der Waals surface area contributed by atoms with E-state index in [0.717, 1.165) is 31.4 Å². The van der Waals surface area contributed by atoms with E-state index < -0.39 is 12.0 Å². The minimum atomic E-state index is -0.744. The van der Waals surface area contributed by atoms with E-state index in [0.29, 0.717) is 13.2 Å². The van der Waals surface area contributed by atoms with Crippen LogP contribution in [0.15, 0.2) is 30.3 Å². The minimum absolute atomic E-state index is 0.174. The fraction of sp³-hybridized carbons (Fsp3) is 0.795. The number of benzene rings is 1. The van der Waals surface area contributed by atoms with Crippen LogP contribution in [0.5, 0.6) is 0 Å². The first kappa shape index (κ1) is 42.9. The zero-order chi connectivity index (χ0) is 33.1. The van der Waals surface area contributed by atoms with Gasteiger partial charge in [0.2, 0.25) is 0 Å². The quantitative estimate of drug-likeness (QED) is 0.0496. The molecule has 6 nitrogen and oxygen atoms in total. The van der Waals surface area contributed by atoms with Gasteiger partial charge >= 0.3 is 11.9 Å². The van der Waals surface area contributed by atoms with Crippen LogP contribution in [0.1, 0.15) is 181 Å². The fourth-order valence-corrected chi connectivity index (χ4v) is 5.27. The highest BCUT2D eigenvalue weighted by Crippen LogP contribution is 2.13. The number of esters is 2. The van der Waals surface area contributed by atoms with Gasteiger partial charge in [-0.1, -0.05) is 173 Å². The maximum absolute atomic E-state index is 12.0. The van der Waals surface area contributed by atoms with Crippen molar-refractivity contribution < 1.29 is 19.1 Å². The molecule has 0 aliphatic carbocycles. The van der Waals surface area contributed by atoms with E-state index in [4.69, 9.17) is 20.9 Å². The Bertz CT molecular complexity index is 759. The Morgan fingerprint density at radius 1 is 0.556 bits per heavy atom. The van der Waals surface area contributed by atoms with Crippen LogP contribution in [0.2, 0.25) is 0 Å². The second-order valence-electron chi connectivity index (χ2n) is 12.7. The molecule has 45 heavy (non-hydrogen) atoms. The smallest absolute Gasteiger partial charge is 0.322 e. The molecule has 0 aliphatic heterocycles. The van der Waals surface area contributed by atoms with Gasteiger partial charge in [-0.05, 0) is 31.4 Å². The van der Waals surface area contributed by atoms with Gasteiger partial charge in [0.25, 0.3) is 0 Å². The first-order valence-electron chi connectivity index (χ1n) is 18.9. The first-order valence-corrected chi connectivity index (χ1v) is 18.9. The van der Waals surface area contributed by atoms with E-state index in [-0.39, 0.29) is 18.8 Å². The number of nitrogens with two attached hydrogens (primary N) is 2. The van der Waals surface area contributed by atoms with Gasteiger partial charge in [0.1, 0.15) is 6.04 Å². The van der Waals surface area contributed by atoms with Crippen LogP contribution in [0, 0.1) is 0 Å². The lowest BCUT2D eigenvalue weighted by molar-refractivity contribution is -0.146. The summed E-state index contributed by atoms with van der Waals surface area (Å²) in [5.41, 5.74) is 12.1. The lowest BCUT2D eigenvalue weighted by Gasteiger charge is -2.11. The Morgan fingerprint density at radius 2 is 0.911 bits per heavy atom. The molecule has 0 heterocycles. The van der Waals surface area contributed by atoms with Gasteiger partial charge in [0.15, 0.2) is 0 Å². The third-order valence-corrected chi connectivity index (χ3v) is 8.26. The molecule has 4 N–H and O–H groups in total. The third-order valence-electron chi connectivity index (χ3n) is 8.26. The van der Waals surface area contributed by atoms with Gasteiger partial charge in [-0.3, -0.25) is 9.59 Å². The van der Waals surface area contributed by atoms with Gasteiger partial charge in [0, 0.05) is 12.1 Å². The molecule has 1 aromatic rings. The number of hydrogen-bond acceptors (Lipinski definition) is 6. The summed E-state index contributed by atoms with van der Waals surface area (Å²) in [4.78, 5) is 24.0. The lowest BCUT2D eigenvalue weighted by Crippen LogP contribution is -2.33. The van der Waals surface area contributed by atoms with E-state index in [9.17, 15) is 9.59 Å². The largest absolute Gasteiger partial charge is 0.466 e. The minimum Gasteiger partial charge on any atom is -0.466 e. The Morgan fingerprint density at radius 3 is 1.27 bits per heavy atom. The van der Waals surface area contributed by atoms with Crippen LogP contribution in [0.3, 0.4) is 0 Å². The predicted molar refractivity (Wildman–Crippen MR) is 192 cm³/mol. The number of carbonyl (C=O) groups excluding carboxylic acids is 2. The number of anilines is 1. The average Bonchev–Trinajstić information content (AvgIpc) is 3.04. The van der Waals surface area contributed by atoms with Crippen molar-refractivity contribution in [2.45, 2.75) is 187 Å². The summed E-state index contributed by atoms with van der Waals surface area (Å²) in [7, 11) is 0. The molecule has 6 heteroatoms. The second kappa shape index (κ2) is 34.8. The van der Waals surface area contributed by atoms with Gasteiger partial charge in [-0.15, -0.1) is 0 Å². The number of rotatable bonds is 30. The molecule has 1 rings (SSSR count). The van der Waals surface area contributed by atoms with E-state index in [1.165, 1.54) is 128 Å². The van der Waals surface area contributed by atoms with Gasteiger partial charge in [-0.25, -0.2) is 0 Å². The summed E-state index contributed by atoms with van der Waals surface area (Å²) in [6.45, 7) is 5.41. The number of para-hydroxylation sites is 1. The van der Waals surface area contributed by atoms with Gasteiger partial charge < -0.3 is 20.9 Å². The van der Waals surface area contributed by atoms with Crippen molar-refractivity contribution in [2.24, 2.45) is 5.73 Å². The van der Waals surface area contributed by atoms with Crippen LogP contribution in [-0.4, -0.2) is 31.2 Å². The molecule has 1 aromatic carbocycles. The summed E-state index contributed by atoms with van der Waals surface area (Å²) < 4.78 is 10.6. The van der Waals surface area contributed by atoms with Crippen molar-refractivity contribution in [3.8, 4) is 0 Å². The summed E-state index contributed by atoms with van der Waals surface area (Å²) >= 11 is 0. The zero-order valence-corrected chi connectivity index (χ0v) is 29.6. The number of ether oxygens (including phenoxy) is 2. The molecule has 0 bridgehead atoms. The number of carbonyl (C=O) groups is 2. The summed E-state index contributed by atoms with van der Waals surface area (Å²) in [5.74, 6) is -0.667. The van der Waals surface area contributed by atoms with Crippen molar-refractivity contribution in [3.05, 3.63) is 30.3 Å². The van der Waals surface area contributed by atoms with Gasteiger partial charge in [0.05, 0.1) is 13.2 Å². The SMILES string of the molecule is CCCCCCCCCCCCCCOC(=O)CC[C@H](N)C(=O)OCCCCCCCCCCCCCC.Nc1ccccc1. The van der Waals surface area contributed by atoms with Crippen LogP contribution in [0.4, 0.5) is 5.69 Å². The molecule has 0 fully saturated rings. The molecule has 0 aliphatic rings. The number of unbranched alkanes of at least 4 members (excludes halogenated alkanes) is 22. The maximum atomic E-state index is 12.0. The average molecular weight is 633 g/mol. The molecule has 0 aromatic heterocycles. The van der Waals surface area contributed by atoms with Crippen molar-refractivity contribution >= 4 is 17.6 Å². The van der Waals surface area contributed by atoms with Crippen molar-refractivity contribution in [1.82, 2.24) is 0 Å². The van der Waals surface area contributed by atoms with Crippen LogP contribution < -0.4 is 11.5 Å². The maximum Gasteiger partial charge on any atom is 0.322 e. The summed E-state index contributed by atoms with van der Waals surface area (Å²) in [6, 6.07) is 8.74. The third kappa shape index (κ3) is 33.1. The van der Waals surface area contributed by atoms with Crippen LogP contribution >= 0.6 is 0 Å². The van der Waals surface area contributed by atoms with Gasteiger partial charge in [-0.2, -0.15) is 0 Å². The monoisotopic (exact) mass is 633 g/mol. The Hall–Kier alpha value is -2.08. The van der Waals surface area contributed by atoms with E-state index in [2.05, 4.69) is 13.8 Å². The first-order chi connectivity index (χ1) is 22.0. The normalized spacial score (nSPS) is 11.4. The van der Waals surface area contributed by atoms with E-state index in [1.54, 1.807) is 0 Å². The molecule has 0 unspecified atom stereocenters. The molecule has 0 spiro atoms. The lowest BCUT2D eigenvalue weighted by atomic mass is 10.1.